The Labute approximate surface area is 130 Å². The van der Waals surface area contributed by atoms with Crippen LogP contribution in [-0.2, 0) is 0 Å². The minimum Gasteiger partial charge on any atom is -0.314 e. The van der Waals surface area contributed by atoms with Crippen LogP contribution in [0.1, 0.15) is 5.56 Å². The molecule has 2 aromatic carbocycles. The lowest BCUT2D eigenvalue weighted by atomic mass is 10.2. The van der Waals surface area contributed by atoms with E-state index in [0.29, 0.717) is 10.7 Å². The molecular formula is C15H12BrClN2O. The van der Waals surface area contributed by atoms with Crippen LogP contribution in [0.25, 0.3) is 6.08 Å². The molecule has 0 bridgehead atoms. The molecule has 0 heterocycles. The molecule has 2 rings (SSSR count). The van der Waals surface area contributed by atoms with E-state index < -0.39 is 0 Å². The van der Waals surface area contributed by atoms with Gasteiger partial charge in [-0.05, 0) is 35.9 Å². The quantitative estimate of drug-likeness (QED) is 0.811. The Morgan fingerprint density at radius 1 is 1.15 bits per heavy atom. The van der Waals surface area contributed by atoms with Crippen LogP contribution in [0.4, 0.5) is 10.5 Å². The average molecular weight is 352 g/mol. The second-order valence-electron chi connectivity index (χ2n) is 3.96. The predicted octanol–water partition coefficient (Wildman–Crippen LogP) is 4.89. The summed E-state index contributed by atoms with van der Waals surface area (Å²) in [5.41, 5.74) is 1.62. The van der Waals surface area contributed by atoms with E-state index in [1.54, 1.807) is 30.5 Å². The van der Waals surface area contributed by atoms with Crippen molar-refractivity contribution in [2.45, 2.75) is 0 Å². The molecule has 0 fully saturated rings. The third-order valence-corrected chi connectivity index (χ3v) is 3.42. The fraction of sp³-hybridized carbons (Fsp3) is 0. The number of carbonyl (C=O) groups excluding carboxylic acids is 1. The molecule has 20 heavy (non-hydrogen) atoms. The molecule has 0 aliphatic rings. The number of hydrogen-bond donors (Lipinski definition) is 2. The number of amides is 2. The Balaban J connectivity index is 1.91. The lowest BCUT2D eigenvalue weighted by molar-refractivity contribution is 0.255. The van der Waals surface area contributed by atoms with Crippen LogP contribution in [0.15, 0.2) is 59.2 Å². The number of urea groups is 1. The van der Waals surface area contributed by atoms with Crippen LogP contribution < -0.4 is 10.6 Å². The van der Waals surface area contributed by atoms with Gasteiger partial charge in [0.2, 0.25) is 0 Å². The normalized spacial score (nSPS) is 10.5. The van der Waals surface area contributed by atoms with Crippen molar-refractivity contribution < 1.29 is 4.79 Å². The maximum atomic E-state index is 11.7. The highest BCUT2D eigenvalue weighted by Gasteiger charge is 1.99. The summed E-state index contributed by atoms with van der Waals surface area (Å²) < 4.78 is 0.966. The Morgan fingerprint density at radius 3 is 2.70 bits per heavy atom. The van der Waals surface area contributed by atoms with Crippen LogP contribution in [0, 0.1) is 0 Å². The van der Waals surface area contributed by atoms with Gasteiger partial charge in [-0.15, -0.1) is 0 Å². The van der Waals surface area contributed by atoms with Crippen LogP contribution in [0.5, 0.6) is 0 Å². The molecule has 5 heteroatoms. The second kappa shape index (κ2) is 7.12. The van der Waals surface area contributed by atoms with E-state index in [9.17, 15) is 4.79 Å². The topological polar surface area (TPSA) is 41.1 Å². The summed E-state index contributed by atoms with van der Waals surface area (Å²) in [5.74, 6) is 0. The van der Waals surface area contributed by atoms with Gasteiger partial charge < -0.3 is 10.6 Å². The standard InChI is InChI=1S/C15H12BrClN2O/c16-14-7-2-1-4-11(14)8-9-18-15(20)19-13-6-3-5-12(17)10-13/h1-10H,(H2,18,19,20)/b9-8+. The second-order valence-corrected chi connectivity index (χ2v) is 5.25. The van der Waals surface area contributed by atoms with Gasteiger partial charge in [0.1, 0.15) is 0 Å². The summed E-state index contributed by atoms with van der Waals surface area (Å²) in [6.45, 7) is 0. The van der Waals surface area contributed by atoms with Gasteiger partial charge in [0.15, 0.2) is 0 Å². The highest BCUT2D eigenvalue weighted by atomic mass is 79.9. The van der Waals surface area contributed by atoms with Crippen molar-refractivity contribution >= 4 is 45.3 Å². The first-order chi connectivity index (χ1) is 9.65. The van der Waals surface area contributed by atoms with Crippen molar-refractivity contribution in [1.29, 1.82) is 0 Å². The molecule has 0 saturated carbocycles. The fourth-order valence-electron chi connectivity index (χ4n) is 1.55. The van der Waals surface area contributed by atoms with Gasteiger partial charge in [0.05, 0.1) is 0 Å². The first kappa shape index (κ1) is 14.6. The molecule has 0 radical (unpaired) electrons. The van der Waals surface area contributed by atoms with Crippen molar-refractivity contribution in [3.05, 3.63) is 69.8 Å². The number of hydrogen-bond acceptors (Lipinski definition) is 1. The summed E-state index contributed by atoms with van der Waals surface area (Å²) in [4.78, 5) is 11.7. The summed E-state index contributed by atoms with van der Waals surface area (Å²) >= 11 is 9.27. The predicted molar refractivity (Wildman–Crippen MR) is 86.8 cm³/mol. The third kappa shape index (κ3) is 4.40. The van der Waals surface area contributed by atoms with Gasteiger partial charge in [-0.25, -0.2) is 4.79 Å². The van der Waals surface area contributed by atoms with Crippen LogP contribution in [0.2, 0.25) is 5.02 Å². The molecule has 102 valence electrons. The molecule has 0 saturated heterocycles. The molecule has 0 atom stereocenters. The van der Waals surface area contributed by atoms with Crippen molar-refractivity contribution in [2.24, 2.45) is 0 Å². The van der Waals surface area contributed by atoms with E-state index in [2.05, 4.69) is 26.6 Å². The maximum Gasteiger partial charge on any atom is 0.323 e. The molecule has 2 amide bonds. The molecule has 0 spiro atoms. The van der Waals surface area contributed by atoms with Crippen LogP contribution >= 0.6 is 27.5 Å². The van der Waals surface area contributed by atoms with Gasteiger partial charge in [0, 0.05) is 21.4 Å². The molecule has 2 aromatic rings. The Hall–Kier alpha value is -1.78. The number of anilines is 1. The molecule has 0 unspecified atom stereocenters. The molecule has 0 aromatic heterocycles. The van der Waals surface area contributed by atoms with E-state index in [-0.39, 0.29) is 6.03 Å². The highest BCUT2D eigenvalue weighted by molar-refractivity contribution is 9.10. The van der Waals surface area contributed by atoms with E-state index >= 15 is 0 Å². The number of halogens is 2. The van der Waals surface area contributed by atoms with Crippen molar-refractivity contribution in [2.75, 3.05) is 5.32 Å². The van der Waals surface area contributed by atoms with Crippen molar-refractivity contribution in [3.63, 3.8) is 0 Å². The van der Waals surface area contributed by atoms with Crippen molar-refractivity contribution in [1.82, 2.24) is 5.32 Å². The van der Waals surface area contributed by atoms with Crippen LogP contribution in [0.3, 0.4) is 0 Å². The largest absolute Gasteiger partial charge is 0.323 e. The van der Waals surface area contributed by atoms with Gasteiger partial charge in [0.25, 0.3) is 0 Å². The number of carbonyl (C=O) groups is 1. The van der Waals surface area contributed by atoms with E-state index in [1.807, 2.05) is 30.3 Å². The molecule has 0 aliphatic carbocycles. The zero-order chi connectivity index (χ0) is 14.4. The summed E-state index contributed by atoms with van der Waals surface area (Å²) in [6.07, 6.45) is 3.39. The fourth-order valence-corrected chi connectivity index (χ4v) is 2.16. The van der Waals surface area contributed by atoms with Gasteiger partial charge in [-0.2, -0.15) is 0 Å². The number of nitrogens with one attached hydrogen (secondary N) is 2. The minimum atomic E-state index is -0.324. The molecular weight excluding hydrogens is 340 g/mol. The monoisotopic (exact) mass is 350 g/mol. The van der Waals surface area contributed by atoms with Crippen molar-refractivity contribution in [3.8, 4) is 0 Å². The first-order valence-electron chi connectivity index (χ1n) is 5.89. The van der Waals surface area contributed by atoms with E-state index in [0.717, 1.165) is 10.0 Å². The molecule has 3 nitrogen and oxygen atoms in total. The van der Waals surface area contributed by atoms with Gasteiger partial charge in [-0.3, -0.25) is 0 Å². The highest BCUT2D eigenvalue weighted by Crippen LogP contribution is 2.17. The Kier molecular flexibility index (Phi) is 5.21. The SMILES string of the molecule is O=C(N/C=C/c1ccccc1Br)Nc1cccc(Cl)c1. The zero-order valence-electron chi connectivity index (χ0n) is 10.4. The summed E-state index contributed by atoms with van der Waals surface area (Å²) in [5, 5.41) is 5.89. The number of benzene rings is 2. The zero-order valence-corrected chi connectivity index (χ0v) is 12.8. The molecule has 0 aliphatic heterocycles. The van der Waals surface area contributed by atoms with E-state index in [1.165, 1.54) is 0 Å². The smallest absolute Gasteiger partial charge is 0.314 e. The minimum absolute atomic E-state index is 0.324. The third-order valence-electron chi connectivity index (χ3n) is 2.47. The Morgan fingerprint density at radius 2 is 1.95 bits per heavy atom. The lowest BCUT2D eigenvalue weighted by Gasteiger charge is -2.04. The Bertz CT molecular complexity index is 643. The molecule has 2 N–H and O–H groups in total. The average Bonchev–Trinajstić information content (AvgIpc) is 2.41. The summed E-state index contributed by atoms with van der Waals surface area (Å²) in [6, 6.07) is 14.4. The van der Waals surface area contributed by atoms with Crippen LogP contribution in [-0.4, -0.2) is 6.03 Å². The number of rotatable bonds is 3. The first-order valence-corrected chi connectivity index (χ1v) is 7.06. The maximum absolute atomic E-state index is 11.7. The summed E-state index contributed by atoms with van der Waals surface area (Å²) in [7, 11) is 0. The van der Waals surface area contributed by atoms with Gasteiger partial charge in [-0.1, -0.05) is 51.8 Å². The lowest BCUT2D eigenvalue weighted by Crippen LogP contribution is -2.23. The van der Waals surface area contributed by atoms with Gasteiger partial charge >= 0.3 is 6.03 Å². The van der Waals surface area contributed by atoms with E-state index in [4.69, 9.17) is 11.6 Å².